The summed E-state index contributed by atoms with van der Waals surface area (Å²) in [6, 6.07) is -0.0175. The molecule has 0 aromatic rings. The van der Waals surface area contributed by atoms with E-state index in [4.69, 9.17) is 10.8 Å². The molecule has 0 aliphatic carbocycles. The third-order valence-electron chi connectivity index (χ3n) is 1.15. The van der Waals surface area contributed by atoms with Gasteiger partial charge in [0.1, 0.15) is 0 Å². The summed E-state index contributed by atoms with van der Waals surface area (Å²) in [5.41, 5.74) is 5.37. The van der Waals surface area contributed by atoms with E-state index in [1.807, 2.05) is 0 Å². The smallest absolute Gasteiger partial charge is 0.306 e. The maximum atomic E-state index is 10.2. The lowest BCUT2D eigenvalue weighted by Gasteiger charge is -2.07. The van der Waals surface area contributed by atoms with Gasteiger partial charge in [-0.15, -0.1) is 12.4 Å². The molecule has 0 rings (SSSR count). The van der Waals surface area contributed by atoms with Gasteiger partial charge in [0.25, 0.3) is 0 Å². The molecule has 0 radical (unpaired) electrons. The number of carboxylic acid groups (broad SMARTS) is 1. The second-order valence-electron chi connectivity index (χ2n) is 2.45. The number of aliphatic carboxylic acids is 1. The molecule has 2 atom stereocenters. The monoisotopic (exact) mass is 167 g/mol. The molecule has 4 heteroatoms. The Balaban J connectivity index is 0. The van der Waals surface area contributed by atoms with E-state index in [1.165, 1.54) is 0 Å². The Bertz CT molecular complexity index is 106. The molecule has 0 saturated heterocycles. The molecule has 2 unspecified atom stereocenters. The van der Waals surface area contributed by atoms with Crippen LogP contribution in [0.4, 0.5) is 0 Å². The Labute approximate surface area is 67.0 Å². The first-order chi connectivity index (χ1) is 4.04. The van der Waals surface area contributed by atoms with E-state index in [2.05, 4.69) is 0 Å². The van der Waals surface area contributed by atoms with E-state index in [-0.39, 0.29) is 24.4 Å². The van der Waals surface area contributed by atoms with Gasteiger partial charge in [-0.3, -0.25) is 4.79 Å². The summed E-state index contributed by atoms with van der Waals surface area (Å²) < 4.78 is 0. The normalized spacial score (nSPS) is 15.1. The van der Waals surface area contributed by atoms with Crippen LogP contribution in [0.5, 0.6) is 0 Å². The van der Waals surface area contributed by atoms with Crippen LogP contribution in [-0.4, -0.2) is 17.1 Å². The summed E-state index contributed by atoms with van der Waals surface area (Å²) >= 11 is 0. The number of hydrogen-bond donors (Lipinski definition) is 2. The van der Waals surface area contributed by atoms with E-state index in [0.717, 1.165) is 0 Å². The lowest BCUT2D eigenvalue weighted by Crippen LogP contribution is -2.22. The highest BCUT2D eigenvalue weighted by Crippen LogP contribution is 2.02. The van der Waals surface area contributed by atoms with Crippen molar-refractivity contribution in [1.82, 2.24) is 0 Å². The third-order valence-corrected chi connectivity index (χ3v) is 1.15. The molecule has 10 heavy (non-hydrogen) atoms. The van der Waals surface area contributed by atoms with E-state index in [1.54, 1.807) is 13.8 Å². The van der Waals surface area contributed by atoms with Crippen molar-refractivity contribution in [1.29, 1.82) is 0 Å². The molecule has 0 aliphatic heterocycles. The zero-order chi connectivity index (χ0) is 7.44. The molecular weight excluding hydrogens is 154 g/mol. The van der Waals surface area contributed by atoms with E-state index < -0.39 is 5.97 Å². The van der Waals surface area contributed by atoms with Crippen molar-refractivity contribution in [3.8, 4) is 0 Å². The molecule has 0 aromatic carbocycles. The molecule has 0 heterocycles. The van der Waals surface area contributed by atoms with Gasteiger partial charge >= 0.3 is 5.97 Å². The molecule has 0 saturated carbocycles. The molecule has 0 aromatic heterocycles. The molecule has 3 nitrogen and oxygen atoms in total. The number of nitrogens with two attached hydrogens (primary N) is 1. The predicted molar refractivity (Wildman–Crippen MR) is 42.3 cm³/mol. The SMILES string of the molecule is CC(N)CC(C)C(=O)O.Cl. The van der Waals surface area contributed by atoms with Crippen molar-refractivity contribution in [2.45, 2.75) is 26.3 Å². The number of rotatable bonds is 3. The van der Waals surface area contributed by atoms with Crippen LogP contribution < -0.4 is 5.73 Å². The first kappa shape index (κ1) is 12.4. The topological polar surface area (TPSA) is 63.3 Å². The van der Waals surface area contributed by atoms with E-state index >= 15 is 0 Å². The maximum absolute atomic E-state index is 10.2. The summed E-state index contributed by atoms with van der Waals surface area (Å²) in [6.45, 7) is 3.46. The van der Waals surface area contributed by atoms with Gasteiger partial charge in [-0.1, -0.05) is 6.92 Å². The van der Waals surface area contributed by atoms with Gasteiger partial charge in [0.15, 0.2) is 0 Å². The van der Waals surface area contributed by atoms with Crippen molar-refractivity contribution in [3.05, 3.63) is 0 Å². The first-order valence-corrected chi connectivity index (χ1v) is 3.02. The number of carbonyl (C=O) groups is 1. The second-order valence-corrected chi connectivity index (χ2v) is 2.45. The fourth-order valence-electron chi connectivity index (χ4n) is 0.658. The van der Waals surface area contributed by atoms with Crippen LogP contribution >= 0.6 is 12.4 Å². The van der Waals surface area contributed by atoms with Crippen LogP contribution in [0, 0.1) is 5.92 Å². The summed E-state index contributed by atoms with van der Waals surface area (Å²) in [5, 5.41) is 8.38. The standard InChI is InChI=1S/C6H13NO2.ClH/c1-4(6(8)9)3-5(2)7;/h4-5H,3,7H2,1-2H3,(H,8,9);1H. The Morgan fingerprint density at radius 3 is 2.10 bits per heavy atom. The first-order valence-electron chi connectivity index (χ1n) is 3.02. The van der Waals surface area contributed by atoms with Crippen molar-refractivity contribution in [3.63, 3.8) is 0 Å². The molecule has 62 valence electrons. The highest BCUT2D eigenvalue weighted by molar-refractivity contribution is 5.85. The van der Waals surface area contributed by atoms with Crippen molar-refractivity contribution >= 4 is 18.4 Å². The van der Waals surface area contributed by atoms with Gasteiger partial charge < -0.3 is 10.8 Å². The fourth-order valence-corrected chi connectivity index (χ4v) is 0.658. The molecule has 0 aliphatic rings. The van der Waals surface area contributed by atoms with Gasteiger partial charge in [0.05, 0.1) is 5.92 Å². The largest absolute Gasteiger partial charge is 0.481 e. The zero-order valence-electron chi connectivity index (χ0n) is 6.20. The van der Waals surface area contributed by atoms with Crippen molar-refractivity contribution in [2.24, 2.45) is 11.7 Å². The fraction of sp³-hybridized carbons (Fsp3) is 0.833. The third kappa shape index (κ3) is 5.85. The minimum atomic E-state index is -0.771. The summed E-state index contributed by atoms with van der Waals surface area (Å²) in [4.78, 5) is 10.2. The molecule has 0 amide bonds. The molecular formula is C6H14ClNO2. The maximum Gasteiger partial charge on any atom is 0.306 e. The quantitative estimate of drug-likeness (QED) is 0.656. The molecule has 0 fully saturated rings. The average molecular weight is 168 g/mol. The van der Waals surface area contributed by atoms with Gasteiger partial charge in [-0.2, -0.15) is 0 Å². The van der Waals surface area contributed by atoms with Gasteiger partial charge in [0.2, 0.25) is 0 Å². The van der Waals surface area contributed by atoms with Crippen molar-refractivity contribution < 1.29 is 9.90 Å². The summed E-state index contributed by atoms with van der Waals surface area (Å²) in [7, 11) is 0. The zero-order valence-corrected chi connectivity index (χ0v) is 7.02. The lowest BCUT2D eigenvalue weighted by molar-refractivity contribution is -0.141. The van der Waals surface area contributed by atoms with E-state index in [0.29, 0.717) is 6.42 Å². The number of halogens is 1. The van der Waals surface area contributed by atoms with Crippen LogP contribution in [0.2, 0.25) is 0 Å². The number of carboxylic acids is 1. The second kappa shape index (κ2) is 5.50. The van der Waals surface area contributed by atoms with Gasteiger partial charge in [-0.25, -0.2) is 0 Å². The van der Waals surface area contributed by atoms with Crippen LogP contribution in [0.3, 0.4) is 0 Å². The minimum Gasteiger partial charge on any atom is -0.481 e. The van der Waals surface area contributed by atoms with E-state index in [9.17, 15) is 4.79 Å². The average Bonchev–Trinajstić information content (AvgIpc) is 1.63. The highest BCUT2D eigenvalue weighted by atomic mass is 35.5. The van der Waals surface area contributed by atoms with Crippen LogP contribution in [0.1, 0.15) is 20.3 Å². The molecule has 0 bridgehead atoms. The minimum absolute atomic E-state index is 0. The highest BCUT2D eigenvalue weighted by Gasteiger charge is 2.11. The Morgan fingerprint density at radius 2 is 2.00 bits per heavy atom. The van der Waals surface area contributed by atoms with Crippen LogP contribution in [-0.2, 0) is 4.79 Å². The Kier molecular flexibility index (Phi) is 6.82. The molecule has 0 spiro atoms. The Morgan fingerprint density at radius 1 is 1.60 bits per heavy atom. The van der Waals surface area contributed by atoms with Crippen LogP contribution in [0.15, 0.2) is 0 Å². The summed E-state index contributed by atoms with van der Waals surface area (Å²) in [6.07, 6.45) is 0.551. The van der Waals surface area contributed by atoms with Crippen molar-refractivity contribution in [2.75, 3.05) is 0 Å². The number of hydrogen-bond acceptors (Lipinski definition) is 2. The van der Waals surface area contributed by atoms with Gasteiger partial charge in [-0.05, 0) is 13.3 Å². The summed E-state index contributed by atoms with van der Waals surface area (Å²) in [5.74, 6) is -1.09. The van der Waals surface area contributed by atoms with Gasteiger partial charge in [0, 0.05) is 6.04 Å². The Hall–Kier alpha value is -0.280. The van der Waals surface area contributed by atoms with Crippen LogP contribution in [0.25, 0.3) is 0 Å². The molecule has 3 N–H and O–H groups in total. The predicted octanol–water partition coefficient (Wildman–Crippen LogP) is 0.866. The lowest BCUT2D eigenvalue weighted by atomic mass is 10.0.